The molecule has 2 aromatic rings. The van der Waals surface area contributed by atoms with Crippen LogP contribution in [0.2, 0.25) is 0 Å². The van der Waals surface area contributed by atoms with E-state index in [1.807, 2.05) is 31.2 Å². The smallest absolute Gasteiger partial charge is 0.410 e. The minimum atomic E-state index is -1.17. The lowest BCUT2D eigenvalue weighted by molar-refractivity contribution is 0.104. The number of hydrogen-bond donors (Lipinski definition) is 2. The number of nitrogens with one attached hydrogen (secondary N) is 1. The fraction of sp³-hybridized carbons (Fsp3) is 0.222. The van der Waals surface area contributed by atoms with E-state index in [0.29, 0.717) is 6.61 Å². The molecule has 1 atom stereocenters. The van der Waals surface area contributed by atoms with Gasteiger partial charge in [0.1, 0.15) is 23.8 Å². The van der Waals surface area contributed by atoms with Crippen molar-refractivity contribution >= 4 is 11.9 Å². The van der Waals surface area contributed by atoms with Gasteiger partial charge in [0.2, 0.25) is 0 Å². The van der Waals surface area contributed by atoms with Gasteiger partial charge in [0.15, 0.2) is 0 Å². The maximum absolute atomic E-state index is 13.1. The first-order valence-electron chi connectivity index (χ1n) is 7.49. The monoisotopic (exact) mass is 328 g/mol. The average Bonchev–Trinajstić information content (AvgIpc) is 2.55. The number of halogens is 1. The maximum atomic E-state index is 13.1. The summed E-state index contributed by atoms with van der Waals surface area (Å²) >= 11 is 0. The fourth-order valence-corrected chi connectivity index (χ4v) is 2.72. The van der Waals surface area contributed by atoms with Crippen molar-refractivity contribution in [1.29, 1.82) is 0 Å². The third-order valence-electron chi connectivity index (χ3n) is 3.92. The average molecular weight is 328 g/mol. The summed E-state index contributed by atoms with van der Waals surface area (Å²) in [4.78, 5) is 15.3. The van der Waals surface area contributed by atoms with Crippen LogP contribution in [0.4, 0.5) is 9.18 Å². The summed E-state index contributed by atoms with van der Waals surface area (Å²) in [6.45, 7) is 2.38. The van der Waals surface area contributed by atoms with Gasteiger partial charge in [-0.25, -0.2) is 9.18 Å². The lowest BCUT2D eigenvalue weighted by atomic mass is 9.90. The van der Waals surface area contributed by atoms with Crippen molar-refractivity contribution in [2.24, 2.45) is 4.99 Å². The molecule has 24 heavy (non-hydrogen) atoms. The highest BCUT2D eigenvalue weighted by molar-refractivity contribution is 5.96. The van der Waals surface area contributed by atoms with Crippen LogP contribution < -0.4 is 5.32 Å². The number of rotatable bonds is 2. The predicted octanol–water partition coefficient (Wildman–Crippen LogP) is 3.40. The Balaban J connectivity index is 1.95. The molecule has 5 nitrogen and oxygen atoms in total. The van der Waals surface area contributed by atoms with Crippen LogP contribution in [0.3, 0.4) is 0 Å². The number of ether oxygens (including phenoxy) is 1. The van der Waals surface area contributed by atoms with Gasteiger partial charge in [-0.05, 0) is 41.8 Å². The third-order valence-corrected chi connectivity index (χ3v) is 3.92. The Bertz CT molecular complexity index is 789. The number of aliphatic imine (C=N–C) groups is 1. The van der Waals surface area contributed by atoms with Crippen molar-refractivity contribution < 1.29 is 19.0 Å². The molecule has 0 radical (unpaired) electrons. The van der Waals surface area contributed by atoms with Gasteiger partial charge in [-0.2, -0.15) is 0 Å². The molecule has 1 aliphatic heterocycles. The first-order chi connectivity index (χ1) is 11.5. The molecule has 0 bridgehead atoms. The highest BCUT2D eigenvalue weighted by Gasteiger charge is 2.31. The number of amidine groups is 1. The lowest BCUT2D eigenvalue weighted by Crippen LogP contribution is -2.42. The van der Waals surface area contributed by atoms with Crippen LogP contribution in [-0.2, 0) is 10.3 Å². The first kappa shape index (κ1) is 16.1. The Morgan fingerprint density at radius 2 is 2.00 bits per heavy atom. The van der Waals surface area contributed by atoms with Gasteiger partial charge in [-0.1, -0.05) is 30.3 Å². The highest BCUT2D eigenvalue weighted by Crippen LogP contribution is 2.31. The van der Waals surface area contributed by atoms with Gasteiger partial charge in [0.25, 0.3) is 0 Å². The van der Waals surface area contributed by atoms with E-state index in [2.05, 4.69) is 10.3 Å². The molecule has 2 aromatic carbocycles. The Morgan fingerprint density at radius 1 is 1.25 bits per heavy atom. The Labute approximate surface area is 138 Å². The zero-order valence-electron chi connectivity index (χ0n) is 13.1. The van der Waals surface area contributed by atoms with Crippen molar-refractivity contribution in [2.75, 3.05) is 13.2 Å². The normalized spacial score (nSPS) is 20.3. The summed E-state index contributed by atoms with van der Waals surface area (Å²) in [6, 6.07) is 14.0. The molecule has 0 spiro atoms. The number of amides is 1. The van der Waals surface area contributed by atoms with Gasteiger partial charge in [-0.15, -0.1) is 0 Å². The fourth-order valence-electron chi connectivity index (χ4n) is 2.72. The van der Waals surface area contributed by atoms with E-state index < -0.39 is 11.6 Å². The van der Waals surface area contributed by atoms with Crippen LogP contribution in [-0.4, -0.2) is 30.2 Å². The highest BCUT2D eigenvalue weighted by atomic mass is 19.1. The van der Waals surface area contributed by atoms with Gasteiger partial charge in [0, 0.05) is 0 Å². The minimum Gasteiger partial charge on any atom is -0.465 e. The van der Waals surface area contributed by atoms with Gasteiger partial charge in [-0.3, -0.25) is 10.3 Å². The van der Waals surface area contributed by atoms with E-state index in [1.54, 1.807) is 12.1 Å². The molecule has 0 saturated heterocycles. The first-order valence-corrected chi connectivity index (χ1v) is 7.49. The Kier molecular flexibility index (Phi) is 4.31. The van der Waals surface area contributed by atoms with Crippen LogP contribution in [0.15, 0.2) is 53.5 Å². The molecule has 1 unspecified atom stereocenters. The summed E-state index contributed by atoms with van der Waals surface area (Å²) in [5.74, 6) is -0.0000287. The lowest BCUT2D eigenvalue weighted by Gasteiger charge is -2.31. The van der Waals surface area contributed by atoms with Crippen LogP contribution >= 0.6 is 0 Å². The standard InChI is InChI=1S/C18H17FN2O3/c1-18(11-24-10-16(21-18)20-17(22)23)14-4-2-3-13(9-14)12-5-7-15(19)8-6-12/h2-9H,10-11H2,1H3,(H,20,21)(H,22,23). The molecular formula is C18H17FN2O3. The maximum Gasteiger partial charge on any atom is 0.410 e. The number of hydrogen-bond acceptors (Lipinski definition) is 3. The molecule has 1 aliphatic rings. The molecule has 0 aromatic heterocycles. The Morgan fingerprint density at radius 3 is 2.71 bits per heavy atom. The van der Waals surface area contributed by atoms with Crippen molar-refractivity contribution in [3.05, 3.63) is 59.9 Å². The SMILES string of the molecule is CC1(c2cccc(-c3ccc(F)cc3)c2)COCC(NC(=O)O)=N1. The molecule has 1 heterocycles. The largest absolute Gasteiger partial charge is 0.465 e. The van der Waals surface area contributed by atoms with Crippen molar-refractivity contribution in [2.45, 2.75) is 12.5 Å². The molecule has 0 fully saturated rings. The van der Waals surface area contributed by atoms with Crippen molar-refractivity contribution in [3.63, 3.8) is 0 Å². The second-order valence-electron chi connectivity index (χ2n) is 5.84. The van der Waals surface area contributed by atoms with E-state index in [4.69, 9.17) is 9.84 Å². The summed E-state index contributed by atoms with van der Waals surface area (Å²) in [5, 5.41) is 11.1. The minimum absolute atomic E-state index is 0.138. The van der Waals surface area contributed by atoms with E-state index in [-0.39, 0.29) is 18.3 Å². The molecule has 124 valence electrons. The number of benzene rings is 2. The zero-order valence-corrected chi connectivity index (χ0v) is 13.1. The molecule has 2 N–H and O–H groups in total. The molecule has 1 amide bonds. The Hall–Kier alpha value is -2.73. The molecule has 6 heteroatoms. The zero-order chi connectivity index (χ0) is 17.2. The predicted molar refractivity (Wildman–Crippen MR) is 88.6 cm³/mol. The summed E-state index contributed by atoms with van der Waals surface area (Å²) in [7, 11) is 0. The van der Waals surface area contributed by atoms with Crippen LogP contribution in [0.25, 0.3) is 11.1 Å². The molecule has 3 rings (SSSR count). The van der Waals surface area contributed by atoms with Crippen LogP contribution in [0.1, 0.15) is 12.5 Å². The van der Waals surface area contributed by atoms with Crippen molar-refractivity contribution in [3.8, 4) is 11.1 Å². The quantitative estimate of drug-likeness (QED) is 0.887. The van der Waals surface area contributed by atoms with E-state index >= 15 is 0 Å². The molecule has 0 saturated carbocycles. The number of carboxylic acid groups (broad SMARTS) is 1. The van der Waals surface area contributed by atoms with E-state index in [9.17, 15) is 9.18 Å². The van der Waals surface area contributed by atoms with Crippen LogP contribution in [0.5, 0.6) is 0 Å². The number of carbonyl (C=O) groups is 1. The summed E-state index contributed by atoms with van der Waals surface area (Å²) in [6.07, 6.45) is -1.17. The summed E-state index contributed by atoms with van der Waals surface area (Å²) in [5.41, 5.74) is 2.04. The van der Waals surface area contributed by atoms with Crippen LogP contribution in [0, 0.1) is 5.82 Å². The topological polar surface area (TPSA) is 70.9 Å². The van der Waals surface area contributed by atoms with Crippen molar-refractivity contribution in [1.82, 2.24) is 5.32 Å². The summed E-state index contributed by atoms with van der Waals surface area (Å²) < 4.78 is 18.6. The van der Waals surface area contributed by atoms with Gasteiger partial charge in [0.05, 0.1) is 6.61 Å². The third kappa shape index (κ3) is 3.44. The van der Waals surface area contributed by atoms with E-state index in [1.165, 1.54) is 12.1 Å². The van der Waals surface area contributed by atoms with Gasteiger partial charge < -0.3 is 9.84 Å². The molecule has 0 aliphatic carbocycles. The van der Waals surface area contributed by atoms with Gasteiger partial charge >= 0.3 is 6.09 Å². The number of nitrogens with zero attached hydrogens (tertiary/aromatic N) is 1. The second kappa shape index (κ2) is 6.41. The second-order valence-corrected chi connectivity index (χ2v) is 5.84. The van der Waals surface area contributed by atoms with E-state index in [0.717, 1.165) is 16.7 Å². The molecular weight excluding hydrogens is 311 g/mol.